The van der Waals surface area contributed by atoms with Gasteiger partial charge in [0, 0.05) is 71.6 Å². The highest BCUT2D eigenvalue weighted by Crippen LogP contribution is 2.34. The molecule has 1 aliphatic rings. The predicted octanol–water partition coefficient (Wildman–Crippen LogP) is 3.75. The van der Waals surface area contributed by atoms with Gasteiger partial charge in [0.05, 0.1) is 26.0 Å². The number of hydrogen-bond acceptors (Lipinski definition) is 7. The minimum Gasteiger partial charge on any atom is -0.493 e. The van der Waals surface area contributed by atoms with Crippen LogP contribution in [-0.2, 0) is 19.5 Å². The minimum atomic E-state index is -0.248. The van der Waals surface area contributed by atoms with Crippen molar-refractivity contribution in [3.05, 3.63) is 59.8 Å². The maximum Gasteiger partial charge on any atom is 0.213 e. The summed E-state index contributed by atoms with van der Waals surface area (Å²) in [6, 6.07) is 7.03. The van der Waals surface area contributed by atoms with Crippen molar-refractivity contribution in [2.45, 2.75) is 19.5 Å². The van der Waals surface area contributed by atoms with Crippen molar-refractivity contribution in [2.75, 3.05) is 39.7 Å². The lowest BCUT2D eigenvalue weighted by Gasteiger charge is -2.16. The molecule has 1 aromatic carbocycles. The number of fused-ring (bicyclic) bond motifs is 2. The van der Waals surface area contributed by atoms with E-state index in [0.29, 0.717) is 36.8 Å². The van der Waals surface area contributed by atoms with Gasteiger partial charge in [-0.1, -0.05) is 0 Å². The zero-order valence-electron chi connectivity index (χ0n) is 19.5. The lowest BCUT2D eigenvalue weighted by molar-refractivity contribution is 0.356. The number of aromatic nitrogens is 4. The maximum atomic E-state index is 14.6. The first-order valence-electron chi connectivity index (χ1n) is 11.2. The third-order valence-electron chi connectivity index (χ3n) is 6.08. The number of methoxy groups -OCH3 is 1. The Labute approximate surface area is 197 Å². The molecule has 4 heterocycles. The molecular formula is C25H27FN6O2. The maximum absolute atomic E-state index is 14.6. The number of pyridine rings is 2. The molecular weight excluding hydrogens is 435 g/mol. The molecule has 8 nitrogen and oxygen atoms in total. The molecule has 9 heteroatoms. The highest BCUT2D eigenvalue weighted by Gasteiger charge is 2.20. The number of likely N-dealkylation sites (N-methyl/N-ethyl adjacent to an activating group) is 1. The van der Waals surface area contributed by atoms with Gasteiger partial charge in [-0.25, -0.2) is 14.4 Å². The topological polar surface area (TPSA) is 77.3 Å². The van der Waals surface area contributed by atoms with Crippen LogP contribution in [-0.4, -0.2) is 59.0 Å². The summed E-state index contributed by atoms with van der Waals surface area (Å²) in [5.74, 6) is 1.64. The number of anilines is 1. The molecule has 4 aromatic rings. The summed E-state index contributed by atoms with van der Waals surface area (Å²) in [6.45, 7) is 2.49. The molecule has 0 amide bonds. The number of ether oxygens (including phenoxy) is 2. The molecule has 0 unspecified atom stereocenters. The quantitative estimate of drug-likeness (QED) is 0.427. The Balaban J connectivity index is 1.53. The predicted molar refractivity (Wildman–Crippen MR) is 129 cm³/mol. The second-order valence-electron chi connectivity index (χ2n) is 8.49. The molecule has 1 N–H and O–H groups in total. The minimum absolute atomic E-state index is 0.248. The van der Waals surface area contributed by atoms with Crippen LogP contribution in [0, 0.1) is 5.82 Å². The molecule has 0 fully saturated rings. The fraction of sp³-hybridized carbons (Fsp3) is 0.320. The lowest BCUT2D eigenvalue weighted by atomic mass is 10.0. The number of halogens is 1. The Kier molecular flexibility index (Phi) is 6.02. The van der Waals surface area contributed by atoms with Crippen LogP contribution < -0.4 is 14.8 Å². The Bertz CT molecular complexity index is 1340. The highest BCUT2D eigenvalue weighted by molar-refractivity contribution is 6.01. The van der Waals surface area contributed by atoms with Gasteiger partial charge in [0.15, 0.2) is 0 Å². The van der Waals surface area contributed by atoms with Crippen molar-refractivity contribution in [1.82, 2.24) is 24.6 Å². The second-order valence-corrected chi connectivity index (χ2v) is 8.49. The molecule has 34 heavy (non-hydrogen) atoms. The van der Waals surface area contributed by atoms with E-state index >= 15 is 0 Å². The van der Waals surface area contributed by atoms with E-state index in [2.05, 4.69) is 20.3 Å². The van der Waals surface area contributed by atoms with Crippen LogP contribution in [0.5, 0.6) is 11.6 Å². The van der Waals surface area contributed by atoms with Crippen LogP contribution in [0.4, 0.5) is 10.2 Å². The van der Waals surface area contributed by atoms with Crippen molar-refractivity contribution < 1.29 is 13.9 Å². The Morgan fingerprint density at radius 1 is 1.18 bits per heavy atom. The van der Waals surface area contributed by atoms with Crippen molar-refractivity contribution in [3.63, 3.8) is 0 Å². The van der Waals surface area contributed by atoms with Gasteiger partial charge in [-0.2, -0.15) is 5.10 Å². The zero-order valence-corrected chi connectivity index (χ0v) is 19.5. The standard InChI is InChI=1S/C25H27FN6O2/c1-31(2)9-10-32-22(6-8-30-32)19-14-29-25(20-15-27-24(33-3)12-17(19)20)28-13-18-16-7-11-34-23(16)5-4-21(18)26/h4-6,8,12,14-15H,7,9-11,13H2,1-3H3,(H,28,29). The third-order valence-corrected chi connectivity index (χ3v) is 6.08. The second kappa shape index (κ2) is 9.26. The molecule has 1 aliphatic heterocycles. The summed E-state index contributed by atoms with van der Waals surface area (Å²) in [5.41, 5.74) is 3.41. The van der Waals surface area contributed by atoms with E-state index in [-0.39, 0.29) is 5.82 Å². The lowest BCUT2D eigenvalue weighted by Crippen LogP contribution is -2.19. The molecule has 0 saturated heterocycles. The van der Waals surface area contributed by atoms with Crippen molar-refractivity contribution in [1.29, 1.82) is 0 Å². The first kappa shape index (κ1) is 22.1. The van der Waals surface area contributed by atoms with E-state index in [1.807, 2.05) is 37.1 Å². The van der Waals surface area contributed by atoms with Crippen LogP contribution in [0.2, 0.25) is 0 Å². The van der Waals surface area contributed by atoms with E-state index in [1.54, 1.807) is 25.6 Å². The molecule has 0 aliphatic carbocycles. The summed E-state index contributed by atoms with van der Waals surface area (Å²) in [4.78, 5) is 11.2. The van der Waals surface area contributed by atoms with Crippen molar-refractivity contribution in [2.24, 2.45) is 0 Å². The van der Waals surface area contributed by atoms with E-state index < -0.39 is 0 Å². The molecule has 3 aromatic heterocycles. The van der Waals surface area contributed by atoms with Crippen molar-refractivity contribution in [3.8, 4) is 22.9 Å². The van der Waals surface area contributed by atoms with E-state index in [4.69, 9.17) is 14.5 Å². The number of hydrogen-bond donors (Lipinski definition) is 1. The van der Waals surface area contributed by atoms with Gasteiger partial charge < -0.3 is 19.7 Å². The normalized spacial score (nSPS) is 12.7. The van der Waals surface area contributed by atoms with Gasteiger partial charge in [0.25, 0.3) is 0 Å². The monoisotopic (exact) mass is 462 g/mol. The van der Waals surface area contributed by atoms with Crippen LogP contribution in [0.25, 0.3) is 22.0 Å². The average molecular weight is 463 g/mol. The van der Waals surface area contributed by atoms with Crippen LogP contribution >= 0.6 is 0 Å². The van der Waals surface area contributed by atoms with Gasteiger partial charge in [-0.15, -0.1) is 0 Å². The number of benzene rings is 1. The fourth-order valence-electron chi connectivity index (χ4n) is 4.29. The molecule has 0 spiro atoms. The van der Waals surface area contributed by atoms with Gasteiger partial charge >= 0.3 is 0 Å². The number of rotatable bonds is 8. The Morgan fingerprint density at radius 3 is 2.88 bits per heavy atom. The molecule has 0 bridgehead atoms. The van der Waals surface area contributed by atoms with E-state index in [0.717, 1.165) is 46.4 Å². The van der Waals surface area contributed by atoms with Crippen molar-refractivity contribution >= 4 is 16.6 Å². The molecule has 176 valence electrons. The molecule has 0 radical (unpaired) electrons. The van der Waals surface area contributed by atoms with Gasteiger partial charge in [-0.05, 0) is 32.3 Å². The smallest absolute Gasteiger partial charge is 0.213 e. The molecule has 0 saturated carbocycles. The largest absolute Gasteiger partial charge is 0.493 e. The number of nitrogens with zero attached hydrogens (tertiary/aromatic N) is 5. The SMILES string of the molecule is COc1cc2c(-c3ccnn3CCN(C)C)cnc(NCc3c(F)ccc4c3CCO4)c2cn1. The number of nitrogens with one attached hydrogen (secondary N) is 1. The van der Waals surface area contributed by atoms with Crippen LogP contribution in [0.15, 0.2) is 42.9 Å². The van der Waals surface area contributed by atoms with Gasteiger partial charge in [0.2, 0.25) is 5.88 Å². The summed E-state index contributed by atoms with van der Waals surface area (Å²) in [6.07, 6.45) is 6.06. The summed E-state index contributed by atoms with van der Waals surface area (Å²) in [7, 11) is 5.67. The van der Waals surface area contributed by atoms with Gasteiger partial charge in [0.1, 0.15) is 17.4 Å². The third kappa shape index (κ3) is 4.14. The van der Waals surface area contributed by atoms with Gasteiger partial charge in [-0.3, -0.25) is 4.68 Å². The average Bonchev–Trinajstić information content (AvgIpc) is 3.51. The van der Waals surface area contributed by atoms with Crippen LogP contribution in [0.1, 0.15) is 11.1 Å². The summed E-state index contributed by atoms with van der Waals surface area (Å²) >= 11 is 0. The molecule has 5 rings (SSSR count). The Hall–Kier alpha value is -3.72. The zero-order chi connectivity index (χ0) is 23.7. The van der Waals surface area contributed by atoms with Crippen LogP contribution in [0.3, 0.4) is 0 Å². The first-order chi connectivity index (χ1) is 16.5. The first-order valence-corrected chi connectivity index (χ1v) is 11.2. The van der Waals surface area contributed by atoms with E-state index in [9.17, 15) is 4.39 Å². The Morgan fingerprint density at radius 2 is 2.06 bits per heavy atom. The highest BCUT2D eigenvalue weighted by atomic mass is 19.1. The fourth-order valence-corrected chi connectivity index (χ4v) is 4.29. The summed E-state index contributed by atoms with van der Waals surface area (Å²) < 4.78 is 27.6. The summed E-state index contributed by atoms with van der Waals surface area (Å²) in [5, 5.41) is 9.57. The van der Waals surface area contributed by atoms with E-state index in [1.165, 1.54) is 6.07 Å². The molecule has 0 atom stereocenters.